The van der Waals surface area contributed by atoms with E-state index in [4.69, 9.17) is 9.84 Å². The zero-order chi connectivity index (χ0) is 18.7. The van der Waals surface area contributed by atoms with Crippen LogP contribution in [0, 0.1) is 0 Å². The van der Waals surface area contributed by atoms with Crippen LogP contribution in [0.1, 0.15) is 33.2 Å². The van der Waals surface area contributed by atoms with Crippen LogP contribution in [0.5, 0.6) is 0 Å². The van der Waals surface area contributed by atoms with Gasteiger partial charge in [0.25, 0.3) is 0 Å². The van der Waals surface area contributed by atoms with Crippen LogP contribution < -0.4 is 0 Å². The highest BCUT2D eigenvalue weighted by Crippen LogP contribution is 2.36. The summed E-state index contributed by atoms with van der Waals surface area (Å²) in [5.74, 6) is -0.994. The Labute approximate surface area is 148 Å². The summed E-state index contributed by atoms with van der Waals surface area (Å²) < 4.78 is 45.3. The summed E-state index contributed by atoms with van der Waals surface area (Å²) in [6.45, 7) is 1.80. The molecule has 0 radical (unpaired) electrons. The Bertz CT molecular complexity index is 774. The van der Waals surface area contributed by atoms with Crippen molar-refractivity contribution in [3.63, 3.8) is 0 Å². The van der Waals surface area contributed by atoms with E-state index in [0.717, 1.165) is 11.6 Å². The van der Waals surface area contributed by atoms with Gasteiger partial charge in [-0.3, -0.25) is 4.90 Å². The van der Waals surface area contributed by atoms with Gasteiger partial charge < -0.3 is 9.84 Å². The zero-order valence-electron chi connectivity index (χ0n) is 13.9. The van der Waals surface area contributed by atoms with E-state index in [-0.39, 0.29) is 11.1 Å². The molecule has 1 N–H and O–H groups in total. The SMILES string of the molecule is O=C(O)c1ccc(CN2CCOC(c3ccccc3C(F)(F)F)C2)cc1. The number of nitrogens with zero attached hydrogens (tertiary/aromatic N) is 1. The van der Waals surface area contributed by atoms with Crippen molar-refractivity contribution in [2.75, 3.05) is 19.7 Å². The van der Waals surface area contributed by atoms with E-state index < -0.39 is 23.8 Å². The van der Waals surface area contributed by atoms with Crippen molar-refractivity contribution in [3.05, 3.63) is 70.8 Å². The molecule has 0 saturated carbocycles. The van der Waals surface area contributed by atoms with Gasteiger partial charge in [-0.15, -0.1) is 0 Å². The van der Waals surface area contributed by atoms with Gasteiger partial charge >= 0.3 is 12.1 Å². The Balaban J connectivity index is 1.73. The fourth-order valence-corrected chi connectivity index (χ4v) is 3.08. The van der Waals surface area contributed by atoms with E-state index >= 15 is 0 Å². The van der Waals surface area contributed by atoms with Gasteiger partial charge in [-0.25, -0.2) is 4.79 Å². The van der Waals surface area contributed by atoms with Gasteiger partial charge in [0, 0.05) is 19.6 Å². The van der Waals surface area contributed by atoms with Crippen LogP contribution in [-0.2, 0) is 17.5 Å². The number of hydrogen-bond donors (Lipinski definition) is 1. The molecular weight excluding hydrogens is 347 g/mol. The maximum absolute atomic E-state index is 13.2. The van der Waals surface area contributed by atoms with Gasteiger partial charge in [-0.1, -0.05) is 30.3 Å². The first kappa shape index (κ1) is 18.4. The number of carboxylic acids is 1. The molecule has 1 atom stereocenters. The quantitative estimate of drug-likeness (QED) is 0.891. The molecule has 1 aliphatic heterocycles. The average molecular weight is 365 g/mol. The van der Waals surface area contributed by atoms with Crippen molar-refractivity contribution in [1.82, 2.24) is 4.90 Å². The lowest BCUT2D eigenvalue weighted by molar-refractivity contribution is -0.140. The summed E-state index contributed by atoms with van der Waals surface area (Å²) in [7, 11) is 0. The molecule has 1 fully saturated rings. The second-order valence-electron chi connectivity index (χ2n) is 6.18. The van der Waals surface area contributed by atoms with E-state index in [1.54, 1.807) is 18.2 Å². The number of aromatic carboxylic acids is 1. The molecule has 0 spiro atoms. The Kier molecular flexibility index (Phi) is 5.29. The van der Waals surface area contributed by atoms with E-state index in [1.807, 2.05) is 4.90 Å². The first-order chi connectivity index (χ1) is 12.3. The Hall–Kier alpha value is -2.38. The number of carboxylic acid groups (broad SMARTS) is 1. The van der Waals surface area contributed by atoms with Crippen molar-refractivity contribution in [1.29, 1.82) is 0 Å². The Morgan fingerprint density at radius 3 is 2.50 bits per heavy atom. The second kappa shape index (κ2) is 7.47. The fraction of sp³-hybridized carbons (Fsp3) is 0.316. The third kappa shape index (κ3) is 4.23. The number of rotatable bonds is 4. The van der Waals surface area contributed by atoms with Crippen LogP contribution in [0.3, 0.4) is 0 Å². The molecule has 0 bridgehead atoms. The maximum atomic E-state index is 13.2. The van der Waals surface area contributed by atoms with Crippen molar-refractivity contribution < 1.29 is 27.8 Å². The lowest BCUT2D eigenvalue weighted by atomic mass is 10.0. The van der Waals surface area contributed by atoms with Gasteiger partial charge in [0.05, 0.1) is 23.8 Å². The third-order valence-electron chi connectivity index (χ3n) is 4.37. The summed E-state index contributed by atoms with van der Waals surface area (Å²) in [4.78, 5) is 12.9. The van der Waals surface area contributed by atoms with E-state index in [1.165, 1.54) is 24.3 Å². The number of carbonyl (C=O) groups is 1. The van der Waals surface area contributed by atoms with Gasteiger partial charge in [0.15, 0.2) is 0 Å². The molecule has 3 rings (SSSR count). The smallest absolute Gasteiger partial charge is 0.416 e. The van der Waals surface area contributed by atoms with Crippen molar-refractivity contribution in [2.24, 2.45) is 0 Å². The van der Waals surface area contributed by atoms with Gasteiger partial charge in [0.2, 0.25) is 0 Å². The number of ether oxygens (including phenoxy) is 1. The average Bonchev–Trinajstić information content (AvgIpc) is 2.62. The summed E-state index contributed by atoms with van der Waals surface area (Å²) >= 11 is 0. The predicted octanol–water partition coefficient (Wildman–Crippen LogP) is 3.98. The van der Waals surface area contributed by atoms with E-state index in [9.17, 15) is 18.0 Å². The molecule has 0 amide bonds. The van der Waals surface area contributed by atoms with Crippen LogP contribution in [0.2, 0.25) is 0 Å². The normalized spacial score (nSPS) is 18.7. The number of morpholine rings is 1. The summed E-state index contributed by atoms with van der Waals surface area (Å²) in [6, 6.07) is 12.0. The highest BCUT2D eigenvalue weighted by molar-refractivity contribution is 5.87. The molecule has 0 aromatic heterocycles. The largest absolute Gasteiger partial charge is 0.478 e. The number of alkyl halides is 3. The molecule has 138 valence electrons. The van der Waals surface area contributed by atoms with Crippen LogP contribution in [0.15, 0.2) is 48.5 Å². The monoisotopic (exact) mass is 365 g/mol. The van der Waals surface area contributed by atoms with Crippen molar-refractivity contribution in [3.8, 4) is 0 Å². The number of benzene rings is 2. The lowest BCUT2D eigenvalue weighted by Gasteiger charge is -2.34. The zero-order valence-corrected chi connectivity index (χ0v) is 13.9. The molecule has 1 saturated heterocycles. The molecule has 1 heterocycles. The topological polar surface area (TPSA) is 49.8 Å². The van der Waals surface area contributed by atoms with Gasteiger partial charge in [0.1, 0.15) is 0 Å². The minimum atomic E-state index is -4.42. The predicted molar refractivity (Wildman–Crippen MR) is 88.8 cm³/mol. The van der Waals surface area contributed by atoms with E-state index in [0.29, 0.717) is 26.2 Å². The first-order valence-electron chi connectivity index (χ1n) is 8.17. The van der Waals surface area contributed by atoms with Crippen LogP contribution in [-0.4, -0.2) is 35.7 Å². The fourth-order valence-electron chi connectivity index (χ4n) is 3.08. The van der Waals surface area contributed by atoms with Crippen molar-refractivity contribution in [2.45, 2.75) is 18.8 Å². The number of halogens is 3. The molecule has 0 aliphatic carbocycles. The molecule has 1 aliphatic rings. The summed E-state index contributed by atoms with van der Waals surface area (Å²) in [5, 5.41) is 8.93. The van der Waals surface area contributed by atoms with Gasteiger partial charge in [-0.05, 0) is 29.3 Å². The minimum absolute atomic E-state index is 0.144. The Morgan fingerprint density at radius 1 is 1.15 bits per heavy atom. The molecule has 1 unspecified atom stereocenters. The van der Waals surface area contributed by atoms with Crippen molar-refractivity contribution >= 4 is 5.97 Å². The molecule has 2 aromatic carbocycles. The standard InChI is InChI=1S/C19H18F3NO3/c20-19(21,22)16-4-2-1-3-15(16)17-12-23(9-10-26-17)11-13-5-7-14(8-6-13)18(24)25/h1-8,17H,9-12H2,(H,24,25). The molecule has 7 heteroatoms. The highest BCUT2D eigenvalue weighted by Gasteiger charge is 2.36. The maximum Gasteiger partial charge on any atom is 0.416 e. The molecule has 4 nitrogen and oxygen atoms in total. The second-order valence-corrected chi connectivity index (χ2v) is 6.18. The third-order valence-corrected chi connectivity index (χ3v) is 4.37. The van der Waals surface area contributed by atoms with Gasteiger partial charge in [-0.2, -0.15) is 13.2 Å². The lowest BCUT2D eigenvalue weighted by Crippen LogP contribution is -2.38. The molecular formula is C19H18F3NO3. The first-order valence-corrected chi connectivity index (χ1v) is 8.17. The van der Waals surface area contributed by atoms with Crippen LogP contribution in [0.4, 0.5) is 13.2 Å². The molecule has 26 heavy (non-hydrogen) atoms. The van der Waals surface area contributed by atoms with E-state index in [2.05, 4.69) is 0 Å². The highest BCUT2D eigenvalue weighted by atomic mass is 19.4. The minimum Gasteiger partial charge on any atom is -0.478 e. The summed E-state index contributed by atoms with van der Waals surface area (Å²) in [5.41, 5.74) is 0.580. The van der Waals surface area contributed by atoms with Crippen LogP contribution >= 0.6 is 0 Å². The molecule has 2 aromatic rings. The van der Waals surface area contributed by atoms with Crippen LogP contribution in [0.25, 0.3) is 0 Å². The Morgan fingerprint density at radius 2 is 1.85 bits per heavy atom. The summed E-state index contributed by atoms with van der Waals surface area (Å²) in [6.07, 6.45) is -5.07. The number of hydrogen-bond acceptors (Lipinski definition) is 3.